The molecule has 19 heavy (non-hydrogen) atoms. The number of methoxy groups -OCH3 is 2. The molecule has 0 spiro atoms. The third-order valence-electron chi connectivity index (χ3n) is 2.84. The summed E-state index contributed by atoms with van der Waals surface area (Å²) in [6.45, 7) is 4.93. The van der Waals surface area contributed by atoms with Crippen molar-refractivity contribution in [1.82, 2.24) is 9.47 Å². The normalized spacial score (nSPS) is 10.7. The zero-order chi connectivity index (χ0) is 14.3. The Morgan fingerprint density at radius 3 is 2.37 bits per heavy atom. The second-order valence-electron chi connectivity index (χ2n) is 4.11. The topological polar surface area (TPSA) is 43.7 Å². The predicted molar refractivity (Wildman–Crippen MR) is 77.5 cm³/mol. The number of aromatic nitrogens is 1. The van der Waals surface area contributed by atoms with Gasteiger partial charge >= 0.3 is 0 Å². The van der Waals surface area contributed by atoms with Gasteiger partial charge in [0.15, 0.2) is 0 Å². The van der Waals surface area contributed by atoms with Gasteiger partial charge in [0.1, 0.15) is 5.69 Å². The standard InChI is InChI=1S/C13H21BrN2O3/c1-4-15-10-11(14)9-12(15)13(17)16(5-7-18-2)6-8-19-3/h9-10H,4-8H2,1-3H3. The van der Waals surface area contributed by atoms with Crippen LogP contribution in [0.3, 0.4) is 0 Å². The highest BCUT2D eigenvalue weighted by Crippen LogP contribution is 2.16. The Morgan fingerprint density at radius 1 is 1.32 bits per heavy atom. The molecule has 0 aromatic carbocycles. The number of halogens is 1. The fourth-order valence-electron chi connectivity index (χ4n) is 1.80. The molecule has 0 N–H and O–H groups in total. The van der Waals surface area contributed by atoms with Crippen molar-refractivity contribution >= 4 is 21.8 Å². The van der Waals surface area contributed by atoms with Crippen molar-refractivity contribution in [1.29, 1.82) is 0 Å². The van der Waals surface area contributed by atoms with Crippen molar-refractivity contribution in [3.63, 3.8) is 0 Å². The maximum atomic E-state index is 12.5. The summed E-state index contributed by atoms with van der Waals surface area (Å²) in [6, 6.07) is 1.85. The number of amides is 1. The second-order valence-corrected chi connectivity index (χ2v) is 5.02. The molecule has 1 aromatic heterocycles. The smallest absolute Gasteiger partial charge is 0.270 e. The highest BCUT2D eigenvalue weighted by Gasteiger charge is 2.19. The van der Waals surface area contributed by atoms with E-state index in [-0.39, 0.29) is 5.91 Å². The third kappa shape index (κ3) is 4.63. The summed E-state index contributed by atoms with van der Waals surface area (Å²) < 4.78 is 12.9. The zero-order valence-corrected chi connectivity index (χ0v) is 13.3. The SMILES string of the molecule is CCn1cc(Br)cc1C(=O)N(CCOC)CCOC. The molecular weight excluding hydrogens is 312 g/mol. The quantitative estimate of drug-likeness (QED) is 0.731. The number of hydrogen-bond donors (Lipinski definition) is 0. The third-order valence-corrected chi connectivity index (χ3v) is 3.27. The molecule has 0 atom stereocenters. The number of carbonyl (C=O) groups excluding carboxylic acids is 1. The van der Waals surface area contributed by atoms with Crippen LogP contribution < -0.4 is 0 Å². The van der Waals surface area contributed by atoms with Crippen molar-refractivity contribution in [2.45, 2.75) is 13.5 Å². The Hall–Kier alpha value is -0.850. The van der Waals surface area contributed by atoms with E-state index in [9.17, 15) is 4.79 Å². The minimum atomic E-state index is 0.00153. The van der Waals surface area contributed by atoms with E-state index in [2.05, 4.69) is 15.9 Å². The Balaban J connectivity index is 2.83. The van der Waals surface area contributed by atoms with Gasteiger partial charge in [-0.3, -0.25) is 4.79 Å². The van der Waals surface area contributed by atoms with Crippen molar-refractivity contribution in [3.05, 3.63) is 22.4 Å². The summed E-state index contributed by atoms with van der Waals surface area (Å²) in [5.41, 5.74) is 0.682. The Labute approximate surface area is 122 Å². The van der Waals surface area contributed by atoms with Crippen LogP contribution >= 0.6 is 15.9 Å². The Bertz CT molecular complexity index is 399. The monoisotopic (exact) mass is 332 g/mol. The van der Waals surface area contributed by atoms with Crippen molar-refractivity contribution < 1.29 is 14.3 Å². The molecule has 0 radical (unpaired) electrons. The number of nitrogens with zero attached hydrogens (tertiary/aromatic N) is 2. The Morgan fingerprint density at radius 2 is 1.89 bits per heavy atom. The molecule has 0 unspecified atom stereocenters. The zero-order valence-electron chi connectivity index (χ0n) is 11.7. The molecule has 0 fully saturated rings. The van der Waals surface area contributed by atoms with Crippen LogP contribution in [0.4, 0.5) is 0 Å². The second kappa shape index (κ2) is 8.35. The van der Waals surface area contributed by atoms with Gasteiger partial charge in [0.2, 0.25) is 0 Å². The van der Waals surface area contributed by atoms with Crippen LogP contribution in [0.15, 0.2) is 16.7 Å². The van der Waals surface area contributed by atoms with Crippen LogP contribution in [0, 0.1) is 0 Å². The summed E-state index contributed by atoms with van der Waals surface area (Å²) in [4.78, 5) is 14.3. The number of carbonyl (C=O) groups is 1. The molecular formula is C13H21BrN2O3. The summed E-state index contributed by atoms with van der Waals surface area (Å²) in [7, 11) is 3.26. The number of hydrogen-bond acceptors (Lipinski definition) is 3. The summed E-state index contributed by atoms with van der Waals surface area (Å²) in [5.74, 6) is 0.00153. The molecule has 6 heteroatoms. The number of ether oxygens (including phenoxy) is 2. The van der Waals surface area contributed by atoms with Gasteiger partial charge in [-0.15, -0.1) is 0 Å². The highest BCUT2D eigenvalue weighted by molar-refractivity contribution is 9.10. The van der Waals surface area contributed by atoms with Gasteiger partial charge in [0.05, 0.1) is 13.2 Å². The van der Waals surface area contributed by atoms with Crippen molar-refractivity contribution in [2.75, 3.05) is 40.5 Å². The minimum Gasteiger partial charge on any atom is -0.383 e. The molecule has 0 aliphatic carbocycles. The fraction of sp³-hybridized carbons (Fsp3) is 0.615. The molecule has 1 aromatic rings. The summed E-state index contributed by atoms with van der Waals surface area (Å²) >= 11 is 3.41. The maximum Gasteiger partial charge on any atom is 0.270 e. The average molecular weight is 333 g/mol. The van der Waals surface area contributed by atoms with Crippen LogP contribution in [0.2, 0.25) is 0 Å². The van der Waals surface area contributed by atoms with E-state index < -0.39 is 0 Å². The molecule has 0 bridgehead atoms. The van der Waals surface area contributed by atoms with E-state index in [0.29, 0.717) is 32.0 Å². The summed E-state index contributed by atoms with van der Waals surface area (Å²) in [6.07, 6.45) is 1.91. The van der Waals surface area contributed by atoms with Crippen LogP contribution in [0.25, 0.3) is 0 Å². The van der Waals surface area contributed by atoms with Gasteiger partial charge < -0.3 is 18.9 Å². The van der Waals surface area contributed by atoms with Crippen molar-refractivity contribution in [3.8, 4) is 0 Å². The first-order valence-corrected chi connectivity index (χ1v) is 7.06. The fourth-order valence-corrected chi connectivity index (χ4v) is 2.26. The number of aryl methyl sites for hydroxylation is 1. The molecule has 1 rings (SSSR count). The lowest BCUT2D eigenvalue weighted by molar-refractivity contribution is 0.0617. The van der Waals surface area contributed by atoms with E-state index in [1.54, 1.807) is 19.1 Å². The van der Waals surface area contributed by atoms with Crippen molar-refractivity contribution in [2.24, 2.45) is 0 Å². The first-order chi connectivity index (χ1) is 9.13. The molecule has 1 amide bonds. The first-order valence-electron chi connectivity index (χ1n) is 6.26. The van der Waals surface area contributed by atoms with Gasteiger partial charge in [-0.1, -0.05) is 0 Å². The van der Waals surface area contributed by atoms with E-state index >= 15 is 0 Å². The lowest BCUT2D eigenvalue weighted by Crippen LogP contribution is -2.37. The highest BCUT2D eigenvalue weighted by atomic mass is 79.9. The van der Waals surface area contributed by atoms with E-state index in [0.717, 1.165) is 11.0 Å². The average Bonchev–Trinajstić information content (AvgIpc) is 2.79. The van der Waals surface area contributed by atoms with E-state index in [4.69, 9.17) is 9.47 Å². The van der Waals surface area contributed by atoms with E-state index in [1.165, 1.54) is 0 Å². The molecule has 5 nitrogen and oxygen atoms in total. The van der Waals surface area contributed by atoms with Gasteiger partial charge in [-0.05, 0) is 28.9 Å². The molecule has 0 aliphatic heterocycles. The van der Waals surface area contributed by atoms with Crippen LogP contribution in [-0.4, -0.2) is 55.9 Å². The van der Waals surface area contributed by atoms with Gasteiger partial charge in [0.25, 0.3) is 5.91 Å². The van der Waals surface area contributed by atoms with Crippen LogP contribution in [-0.2, 0) is 16.0 Å². The van der Waals surface area contributed by atoms with Crippen LogP contribution in [0.1, 0.15) is 17.4 Å². The predicted octanol–water partition coefficient (Wildman–Crippen LogP) is 2.01. The Kier molecular flexibility index (Phi) is 7.12. The largest absolute Gasteiger partial charge is 0.383 e. The lowest BCUT2D eigenvalue weighted by atomic mass is 10.3. The van der Waals surface area contributed by atoms with Gasteiger partial charge in [-0.2, -0.15) is 0 Å². The van der Waals surface area contributed by atoms with Gasteiger partial charge in [0, 0.05) is 44.5 Å². The minimum absolute atomic E-state index is 0.00153. The maximum absolute atomic E-state index is 12.5. The molecule has 0 aliphatic rings. The first kappa shape index (κ1) is 16.2. The number of rotatable bonds is 8. The molecule has 1 heterocycles. The molecule has 0 saturated carbocycles. The summed E-state index contributed by atoms with van der Waals surface area (Å²) in [5, 5.41) is 0. The molecule has 108 valence electrons. The molecule has 0 saturated heterocycles. The van der Waals surface area contributed by atoms with Crippen LogP contribution in [0.5, 0.6) is 0 Å². The van der Waals surface area contributed by atoms with E-state index in [1.807, 2.05) is 23.8 Å². The van der Waals surface area contributed by atoms with Gasteiger partial charge in [-0.25, -0.2) is 0 Å². The lowest BCUT2D eigenvalue weighted by Gasteiger charge is -2.22.